The first kappa shape index (κ1) is 8.58. The highest BCUT2D eigenvalue weighted by Gasteiger charge is 2.34. The maximum Gasteiger partial charge on any atom is 0.417 e. The van der Waals surface area contributed by atoms with E-state index in [1.165, 1.54) is 17.5 Å². The van der Waals surface area contributed by atoms with Crippen LogP contribution in [0.3, 0.4) is 0 Å². The highest BCUT2D eigenvalue weighted by atomic mass is 16.4. The lowest BCUT2D eigenvalue weighted by Gasteiger charge is -2.19. The molecular weight excluding hydrogens is 204 g/mol. The molecule has 2 unspecified atom stereocenters. The minimum absolute atomic E-state index is 0.359. The maximum atomic E-state index is 11.1. The molecule has 1 aliphatic heterocycles. The predicted molar refractivity (Wildman–Crippen MR) is 59.8 cm³/mol. The standard InChI is InChI=1S/C12H12N2O2/c15-12-14-10-2-8-6-1-7(5-13-4-6)9(8)3-11(10)16-12/h2-3,6-7,13H,1,4-5H2,(H,14,15). The molecule has 0 saturated carbocycles. The fraction of sp³-hybridized carbons (Fsp3) is 0.417. The van der Waals surface area contributed by atoms with Gasteiger partial charge < -0.3 is 9.73 Å². The van der Waals surface area contributed by atoms with E-state index in [4.69, 9.17) is 4.42 Å². The van der Waals surface area contributed by atoms with E-state index in [9.17, 15) is 4.79 Å². The summed E-state index contributed by atoms with van der Waals surface area (Å²) in [5.74, 6) is 0.844. The smallest absolute Gasteiger partial charge is 0.408 e. The molecule has 2 aliphatic rings. The van der Waals surface area contributed by atoms with Gasteiger partial charge in [-0.05, 0) is 41.5 Å². The summed E-state index contributed by atoms with van der Waals surface area (Å²) in [4.78, 5) is 13.9. The quantitative estimate of drug-likeness (QED) is 0.697. The Morgan fingerprint density at radius 3 is 2.75 bits per heavy atom. The fourth-order valence-corrected chi connectivity index (χ4v) is 3.15. The first-order valence-electron chi connectivity index (χ1n) is 5.68. The number of piperidine rings is 1. The Bertz CT molecular complexity index is 575. The lowest BCUT2D eigenvalue weighted by molar-refractivity contribution is 0.453. The number of H-pyrrole nitrogens is 1. The van der Waals surface area contributed by atoms with E-state index in [1.54, 1.807) is 0 Å². The van der Waals surface area contributed by atoms with Gasteiger partial charge in [0.2, 0.25) is 0 Å². The van der Waals surface area contributed by atoms with Crippen molar-refractivity contribution in [2.45, 2.75) is 18.3 Å². The van der Waals surface area contributed by atoms with Crippen molar-refractivity contribution in [3.05, 3.63) is 33.8 Å². The Kier molecular flexibility index (Phi) is 1.48. The van der Waals surface area contributed by atoms with E-state index in [2.05, 4.69) is 16.4 Å². The van der Waals surface area contributed by atoms with Crippen LogP contribution in [0.2, 0.25) is 0 Å². The number of rotatable bonds is 0. The van der Waals surface area contributed by atoms with Gasteiger partial charge in [-0.1, -0.05) is 0 Å². The second-order valence-electron chi connectivity index (χ2n) is 4.78. The molecule has 0 amide bonds. The molecule has 4 nitrogen and oxygen atoms in total. The highest BCUT2D eigenvalue weighted by molar-refractivity contribution is 5.75. The highest BCUT2D eigenvalue weighted by Crippen LogP contribution is 2.44. The molecule has 1 saturated heterocycles. The van der Waals surface area contributed by atoms with Gasteiger partial charge in [0.25, 0.3) is 0 Å². The second kappa shape index (κ2) is 2.77. The van der Waals surface area contributed by atoms with Crippen LogP contribution in [-0.2, 0) is 0 Å². The SMILES string of the molecule is O=c1[nH]c2cc3c(cc2o1)C1CNCC3C1. The maximum absolute atomic E-state index is 11.1. The molecule has 2 N–H and O–H groups in total. The molecule has 1 aromatic carbocycles. The van der Waals surface area contributed by atoms with Crippen molar-refractivity contribution in [3.8, 4) is 0 Å². The summed E-state index contributed by atoms with van der Waals surface area (Å²) in [5, 5.41) is 3.45. The van der Waals surface area contributed by atoms with Crippen LogP contribution < -0.4 is 11.1 Å². The molecule has 2 heterocycles. The van der Waals surface area contributed by atoms with Gasteiger partial charge in [-0.15, -0.1) is 0 Å². The number of aromatic nitrogens is 1. The molecule has 2 bridgehead atoms. The number of fused-ring (bicyclic) bond motifs is 6. The zero-order chi connectivity index (χ0) is 10.7. The molecule has 16 heavy (non-hydrogen) atoms. The number of hydrogen-bond acceptors (Lipinski definition) is 3. The van der Waals surface area contributed by atoms with Gasteiger partial charge in [-0.25, -0.2) is 4.79 Å². The molecule has 1 aromatic heterocycles. The third-order valence-electron chi connectivity index (χ3n) is 3.85. The van der Waals surface area contributed by atoms with Crippen molar-refractivity contribution >= 4 is 11.1 Å². The number of benzene rings is 1. The molecule has 4 rings (SSSR count). The van der Waals surface area contributed by atoms with Gasteiger partial charge in [0.05, 0.1) is 5.52 Å². The van der Waals surface area contributed by atoms with Crippen LogP contribution in [0.15, 0.2) is 21.3 Å². The van der Waals surface area contributed by atoms with Crippen LogP contribution in [0.1, 0.15) is 29.4 Å². The largest absolute Gasteiger partial charge is 0.417 e. The minimum atomic E-state index is -0.359. The first-order chi connectivity index (χ1) is 7.81. The third kappa shape index (κ3) is 0.998. The molecule has 1 aliphatic carbocycles. The van der Waals surface area contributed by atoms with E-state index in [0.717, 1.165) is 18.6 Å². The zero-order valence-electron chi connectivity index (χ0n) is 8.75. The van der Waals surface area contributed by atoms with Gasteiger partial charge in [-0.2, -0.15) is 0 Å². The molecule has 1 fully saturated rings. The number of hydrogen-bond donors (Lipinski definition) is 2. The van der Waals surface area contributed by atoms with Crippen molar-refractivity contribution in [3.63, 3.8) is 0 Å². The Hall–Kier alpha value is -1.55. The number of nitrogens with one attached hydrogen (secondary N) is 2. The zero-order valence-corrected chi connectivity index (χ0v) is 8.75. The van der Waals surface area contributed by atoms with Crippen LogP contribution in [0.5, 0.6) is 0 Å². The van der Waals surface area contributed by atoms with E-state index in [1.807, 2.05) is 6.07 Å². The summed E-state index contributed by atoms with van der Waals surface area (Å²) >= 11 is 0. The van der Waals surface area contributed by atoms with Gasteiger partial charge in [0, 0.05) is 13.1 Å². The third-order valence-corrected chi connectivity index (χ3v) is 3.85. The summed E-state index contributed by atoms with van der Waals surface area (Å²) < 4.78 is 5.11. The molecule has 2 aromatic rings. The van der Waals surface area contributed by atoms with Crippen molar-refractivity contribution in [2.24, 2.45) is 0 Å². The van der Waals surface area contributed by atoms with Crippen LogP contribution in [0.25, 0.3) is 11.1 Å². The summed E-state index contributed by atoms with van der Waals surface area (Å²) in [5.41, 5.74) is 4.28. The number of oxazole rings is 1. The van der Waals surface area contributed by atoms with Gasteiger partial charge in [0.15, 0.2) is 5.58 Å². The Morgan fingerprint density at radius 2 is 1.94 bits per heavy atom. The lowest BCUT2D eigenvalue weighted by Crippen LogP contribution is -2.28. The van der Waals surface area contributed by atoms with Gasteiger partial charge >= 0.3 is 5.76 Å². The number of aromatic amines is 1. The molecule has 2 atom stereocenters. The summed E-state index contributed by atoms with van der Waals surface area (Å²) in [7, 11) is 0. The Balaban J connectivity index is 2.03. The average Bonchev–Trinajstić information content (AvgIpc) is 2.76. The van der Waals surface area contributed by atoms with E-state index in [-0.39, 0.29) is 5.76 Å². The monoisotopic (exact) mass is 216 g/mol. The van der Waals surface area contributed by atoms with E-state index in [0.29, 0.717) is 17.4 Å². The lowest BCUT2D eigenvalue weighted by atomic mass is 9.98. The average molecular weight is 216 g/mol. The van der Waals surface area contributed by atoms with E-state index >= 15 is 0 Å². The minimum Gasteiger partial charge on any atom is -0.408 e. The van der Waals surface area contributed by atoms with Crippen molar-refractivity contribution in [1.82, 2.24) is 10.3 Å². The van der Waals surface area contributed by atoms with Crippen molar-refractivity contribution in [1.29, 1.82) is 0 Å². The molecule has 0 spiro atoms. The van der Waals surface area contributed by atoms with Crippen molar-refractivity contribution < 1.29 is 4.42 Å². The van der Waals surface area contributed by atoms with Crippen LogP contribution in [-0.4, -0.2) is 18.1 Å². The summed E-state index contributed by atoms with van der Waals surface area (Å²) in [6.07, 6.45) is 1.24. The summed E-state index contributed by atoms with van der Waals surface area (Å²) in [6, 6.07) is 4.13. The van der Waals surface area contributed by atoms with Gasteiger partial charge in [-0.3, -0.25) is 4.98 Å². The molecule has 82 valence electrons. The van der Waals surface area contributed by atoms with Crippen LogP contribution >= 0.6 is 0 Å². The Morgan fingerprint density at radius 1 is 1.19 bits per heavy atom. The molecule has 0 radical (unpaired) electrons. The second-order valence-corrected chi connectivity index (χ2v) is 4.78. The van der Waals surface area contributed by atoms with E-state index < -0.39 is 0 Å². The van der Waals surface area contributed by atoms with Gasteiger partial charge in [0.1, 0.15) is 0 Å². The predicted octanol–water partition coefficient (Wildman–Crippen LogP) is 1.30. The Labute approximate surface area is 91.7 Å². The van der Waals surface area contributed by atoms with Crippen molar-refractivity contribution in [2.75, 3.05) is 13.1 Å². The normalized spacial score (nSPS) is 27.2. The van der Waals surface area contributed by atoms with Crippen LogP contribution in [0, 0.1) is 0 Å². The molecular formula is C12H12N2O2. The summed E-state index contributed by atoms with van der Waals surface area (Å²) in [6.45, 7) is 2.10. The molecule has 4 heteroatoms. The van der Waals surface area contributed by atoms with Crippen LogP contribution in [0.4, 0.5) is 0 Å². The topological polar surface area (TPSA) is 58.0 Å². The fourth-order valence-electron chi connectivity index (χ4n) is 3.15. The first-order valence-corrected chi connectivity index (χ1v) is 5.68.